The van der Waals surface area contributed by atoms with Crippen LogP contribution >= 0.6 is 0 Å². The van der Waals surface area contributed by atoms with Crippen LogP contribution in [-0.2, 0) is 9.53 Å². The number of hydrogen-bond acceptors (Lipinski definition) is 3. The lowest BCUT2D eigenvalue weighted by Crippen LogP contribution is -2.41. The summed E-state index contributed by atoms with van der Waals surface area (Å²) in [6.45, 7) is 13.7. The Kier molecular flexibility index (Phi) is 3.20. The number of carbonyl (C=O) groups excluding carboxylic acids is 1. The van der Waals surface area contributed by atoms with Gasteiger partial charge in [-0.25, -0.2) is 4.79 Å². The van der Waals surface area contributed by atoms with Crippen molar-refractivity contribution in [2.24, 2.45) is 17.3 Å². The highest BCUT2D eigenvalue weighted by Crippen LogP contribution is 2.51. The molecule has 18 heavy (non-hydrogen) atoms. The number of carbonyl (C=O) groups is 1. The van der Waals surface area contributed by atoms with Crippen molar-refractivity contribution in [2.45, 2.75) is 25.9 Å². The van der Waals surface area contributed by atoms with Crippen LogP contribution < -0.4 is 0 Å². The Hall–Kier alpha value is -1.35. The standard InChI is InChI=1S/C15H20O3/c1-5-15(4)7-13-11(10(3)14(17)18-13)6-12(15)9(2)8-16/h5,11-13,16H,1-3,6-8H2,4H3/t11-,12-,13-,15+/m1/s1. The number of aliphatic hydroxyl groups excluding tert-OH is 1. The van der Waals surface area contributed by atoms with Gasteiger partial charge in [0.15, 0.2) is 0 Å². The number of fused-ring (bicyclic) bond motifs is 1. The molecule has 4 atom stereocenters. The molecule has 2 fully saturated rings. The maximum absolute atomic E-state index is 11.6. The normalized spacial score (nSPS) is 39.1. The summed E-state index contributed by atoms with van der Waals surface area (Å²) in [6, 6.07) is 0. The van der Waals surface area contributed by atoms with Gasteiger partial charge < -0.3 is 9.84 Å². The summed E-state index contributed by atoms with van der Waals surface area (Å²) < 4.78 is 5.36. The topological polar surface area (TPSA) is 46.5 Å². The lowest BCUT2D eigenvalue weighted by Gasteiger charge is -2.44. The molecule has 1 saturated carbocycles. The second-order valence-corrected chi connectivity index (χ2v) is 5.59. The van der Waals surface area contributed by atoms with Gasteiger partial charge in [0.05, 0.1) is 6.61 Å². The van der Waals surface area contributed by atoms with Crippen molar-refractivity contribution < 1.29 is 14.6 Å². The maximum atomic E-state index is 11.6. The third-order valence-corrected chi connectivity index (χ3v) is 4.51. The molecule has 2 rings (SSSR count). The van der Waals surface area contributed by atoms with Crippen molar-refractivity contribution in [1.29, 1.82) is 0 Å². The van der Waals surface area contributed by atoms with Gasteiger partial charge in [-0.05, 0) is 29.7 Å². The van der Waals surface area contributed by atoms with Crippen LogP contribution in [0.25, 0.3) is 0 Å². The molecule has 1 saturated heterocycles. The molecule has 0 unspecified atom stereocenters. The van der Waals surface area contributed by atoms with Crippen LogP contribution in [0.3, 0.4) is 0 Å². The summed E-state index contributed by atoms with van der Waals surface area (Å²) >= 11 is 0. The lowest BCUT2D eigenvalue weighted by molar-refractivity contribution is -0.141. The molecule has 3 nitrogen and oxygen atoms in total. The monoisotopic (exact) mass is 248 g/mol. The van der Waals surface area contributed by atoms with Gasteiger partial charge in [0, 0.05) is 11.5 Å². The zero-order valence-corrected chi connectivity index (χ0v) is 10.8. The van der Waals surface area contributed by atoms with Crippen molar-refractivity contribution >= 4 is 5.97 Å². The fourth-order valence-electron chi connectivity index (χ4n) is 3.22. The van der Waals surface area contributed by atoms with Crippen molar-refractivity contribution in [3.63, 3.8) is 0 Å². The van der Waals surface area contributed by atoms with Gasteiger partial charge in [0.1, 0.15) is 6.10 Å². The average molecular weight is 248 g/mol. The zero-order chi connectivity index (χ0) is 13.5. The van der Waals surface area contributed by atoms with Crippen molar-refractivity contribution in [3.05, 3.63) is 37.0 Å². The van der Waals surface area contributed by atoms with E-state index in [0.717, 1.165) is 18.4 Å². The molecule has 3 heteroatoms. The summed E-state index contributed by atoms with van der Waals surface area (Å²) in [4.78, 5) is 11.6. The first-order valence-electron chi connectivity index (χ1n) is 6.25. The molecule has 0 bridgehead atoms. The predicted molar refractivity (Wildman–Crippen MR) is 69.8 cm³/mol. The Bertz CT molecular complexity index is 423. The minimum absolute atomic E-state index is 0.0350. The molecule has 0 aromatic carbocycles. The molecule has 2 aliphatic rings. The molecule has 0 aromatic heterocycles. The quantitative estimate of drug-likeness (QED) is 0.473. The Morgan fingerprint density at radius 1 is 1.67 bits per heavy atom. The highest BCUT2D eigenvalue weighted by molar-refractivity contribution is 5.90. The minimum Gasteiger partial charge on any atom is -0.458 e. The van der Waals surface area contributed by atoms with Gasteiger partial charge in [-0.2, -0.15) is 0 Å². The van der Waals surface area contributed by atoms with Crippen LogP contribution in [0.15, 0.2) is 37.0 Å². The van der Waals surface area contributed by atoms with E-state index in [1.54, 1.807) is 0 Å². The number of ether oxygens (including phenoxy) is 1. The van der Waals surface area contributed by atoms with Crippen LogP contribution in [0.5, 0.6) is 0 Å². The number of allylic oxidation sites excluding steroid dienone is 1. The third-order valence-electron chi connectivity index (χ3n) is 4.51. The van der Waals surface area contributed by atoms with Gasteiger partial charge >= 0.3 is 5.97 Å². The van der Waals surface area contributed by atoms with Gasteiger partial charge in [-0.15, -0.1) is 6.58 Å². The van der Waals surface area contributed by atoms with E-state index in [1.165, 1.54) is 0 Å². The van der Waals surface area contributed by atoms with E-state index in [1.807, 2.05) is 6.08 Å². The molecule has 98 valence electrons. The van der Waals surface area contributed by atoms with E-state index >= 15 is 0 Å². The number of hydrogen-bond donors (Lipinski definition) is 1. The molecule has 0 spiro atoms. The maximum Gasteiger partial charge on any atom is 0.334 e. The van der Waals surface area contributed by atoms with Crippen LogP contribution in [-0.4, -0.2) is 23.8 Å². The van der Waals surface area contributed by atoms with Gasteiger partial charge in [-0.3, -0.25) is 0 Å². The summed E-state index contributed by atoms with van der Waals surface area (Å²) in [5.41, 5.74) is 1.16. The van der Waals surface area contributed by atoms with Crippen molar-refractivity contribution in [1.82, 2.24) is 0 Å². The molecule has 1 aliphatic carbocycles. The minimum atomic E-state index is -0.285. The van der Waals surface area contributed by atoms with E-state index in [4.69, 9.17) is 4.74 Å². The van der Waals surface area contributed by atoms with Gasteiger partial charge in [-0.1, -0.05) is 26.2 Å². The van der Waals surface area contributed by atoms with E-state index < -0.39 is 0 Å². The van der Waals surface area contributed by atoms with Crippen LogP contribution in [0, 0.1) is 17.3 Å². The Morgan fingerprint density at radius 2 is 2.33 bits per heavy atom. The first kappa shape index (κ1) is 13.1. The van der Waals surface area contributed by atoms with E-state index in [2.05, 4.69) is 26.7 Å². The number of rotatable bonds is 3. The first-order chi connectivity index (χ1) is 8.42. The zero-order valence-electron chi connectivity index (χ0n) is 10.8. The molecular weight excluding hydrogens is 228 g/mol. The fraction of sp³-hybridized carbons (Fsp3) is 0.533. The summed E-state index contributed by atoms with van der Waals surface area (Å²) in [7, 11) is 0. The van der Waals surface area contributed by atoms with E-state index in [-0.39, 0.29) is 35.9 Å². The molecular formula is C15H20O3. The summed E-state index contributed by atoms with van der Waals surface area (Å²) in [6.07, 6.45) is 3.26. The molecule has 1 heterocycles. The SMILES string of the molecule is C=C[C@@]1(C)C[C@H]2OC(=O)C(=C)[C@H]2C[C@@H]1C(=C)CO. The largest absolute Gasteiger partial charge is 0.458 e. The molecule has 1 aliphatic heterocycles. The smallest absolute Gasteiger partial charge is 0.334 e. The summed E-state index contributed by atoms with van der Waals surface area (Å²) in [5, 5.41) is 9.32. The first-order valence-corrected chi connectivity index (χ1v) is 6.25. The highest BCUT2D eigenvalue weighted by Gasteiger charge is 2.50. The third kappa shape index (κ3) is 1.83. The van der Waals surface area contributed by atoms with Crippen molar-refractivity contribution in [3.8, 4) is 0 Å². The van der Waals surface area contributed by atoms with Crippen LogP contribution in [0.2, 0.25) is 0 Å². The molecule has 0 aromatic rings. The summed E-state index contributed by atoms with van der Waals surface area (Å²) in [5.74, 6) is -0.113. The second-order valence-electron chi connectivity index (χ2n) is 5.59. The Morgan fingerprint density at radius 3 is 2.89 bits per heavy atom. The second kappa shape index (κ2) is 4.39. The number of aliphatic hydroxyl groups is 1. The number of esters is 1. The molecule has 0 radical (unpaired) electrons. The van der Waals surface area contributed by atoms with Crippen molar-refractivity contribution in [2.75, 3.05) is 6.61 Å². The Labute approximate surface area is 108 Å². The van der Waals surface area contributed by atoms with Gasteiger partial charge in [0.2, 0.25) is 0 Å². The van der Waals surface area contributed by atoms with Crippen LogP contribution in [0.1, 0.15) is 19.8 Å². The predicted octanol–water partition coefficient (Wildman–Crippen LogP) is 2.24. The van der Waals surface area contributed by atoms with Crippen LogP contribution in [0.4, 0.5) is 0 Å². The van der Waals surface area contributed by atoms with Gasteiger partial charge in [0.25, 0.3) is 0 Å². The molecule has 0 amide bonds. The van der Waals surface area contributed by atoms with E-state index in [9.17, 15) is 9.90 Å². The lowest BCUT2D eigenvalue weighted by atomic mass is 9.60. The highest BCUT2D eigenvalue weighted by atomic mass is 16.6. The fourth-order valence-corrected chi connectivity index (χ4v) is 3.22. The Balaban J connectivity index is 2.31. The average Bonchev–Trinajstić information content (AvgIpc) is 2.62. The van der Waals surface area contributed by atoms with E-state index in [0.29, 0.717) is 5.57 Å². The molecule has 1 N–H and O–H groups in total.